The van der Waals surface area contributed by atoms with Crippen LogP contribution in [0.4, 0.5) is 10.2 Å². The number of nitrogens with zero attached hydrogens (tertiary/aromatic N) is 1. The maximum atomic E-state index is 11.7. The molecule has 1 heterocycles. The fourth-order valence-electron chi connectivity index (χ4n) is 0.817. The van der Waals surface area contributed by atoms with Gasteiger partial charge in [0.15, 0.2) is 0 Å². The van der Waals surface area contributed by atoms with Gasteiger partial charge in [0.05, 0.1) is 0 Å². The van der Waals surface area contributed by atoms with Crippen LogP contribution in [0.2, 0.25) is 0 Å². The predicted octanol–water partition coefficient (Wildman–Crippen LogP) is 1.77. The van der Waals surface area contributed by atoms with Gasteiger partial charge in [-0.15, -0.1) is 0 Å². The van der Waals surface area contributed by atoms with Crippen molar-refractivity contribution in [1.82, 2.24) is 4.98 Å². The van der Waals surface area contributed by atoms with Crippen molar-refractivity contribution in [2.24, 2.45) is 0 Å². The Labute approximate surface area is 65.5 Å². The summed E-state index contributed by atoms with van der Waals surface area (Å²) in [7, 11) is 0. The third-order valence-corrected chi connectivity index (χ3v) is 1.29. The lowest BCUT2D eigenvalue weighted by atomic mass is 10.4. The van der Waals surface area contributed by atoms with Gasteiger partial charge < -0.3 is 5.32 Å². The molecule has 0 aliphatic heterocycles. The van der Waals surface area contributed by atoms with E-state index in [-0.39, 0.29) is 6.67 Å². The molecular formula is C8H11FN2. The van der Waals surface area contributed by atoms with E-state index in [1.54, 1.807) is 0 Å². The number of alkyl halides is 1. The minimum atomic E-state index is -0.365. The molecule has 0 bridgehead atoms. The second-order valence-corrected chi connectivity index (χ2v) is 2.28. The second-order valence-electron chi connectivity index (χ2n) is 2.28. The van der Waals surface area contributed by atoms with Crippen LogP contribution >= 0.6 is 0 Å². The summed E-state index contributed by atoms with van der Waals surface area (Å²) in [5, 5.41) is 2.85. The molecule has 0 spiro atoms. The van der Waals surface area contributed by atoms with Gasteiger partial charge in [-0.2, -0.15) is 0 Å². The van der Waals surface area contributed by atoms with Gasteiger partial charge in [-0.05, 0) is 19.1 Å². The second kappa shape index (κ2) is 3.91. The summed E-state index contributed by atoms with van der Waals surface area (Å²) >= 11 is 0. The van der Waals surface area contributed by atoms with Crippen molar-refractivity contribution in [2.75, 3.05) is 18.5 Å². The zero-order chi connectivity index (χ0) is 8.10. The van der Waals surface area contributed by atoms with Crippen LogP contribution in [0.5, 0.6) is 0 Å². The minimum absolute atomic E-state index is 0.330. The SMILES string of the molecule is Cc1cccc(NCCF)n1. The number of nitrogens with one attached hydrogen (secondary N) is 1. The van der Waals surface area contributed by atoms with Crippen LogP contribution in [0, 0.1) is 6.92 Å². The normalized spacial score (nSPS) is 9.64. The first kappa shape index (κ1) is 7.98. The molecule has 0 saturated carbocycles. The Bertz CT molecular complexity index is 225. The summed E-state index contributed by atoms with van der Waals surface area (Å²) < 4.78 is 11.7. The van der Waals surface area contributed by atoms with Crippen molar-refractivity contribution in [1.29, 1.82) is 0 Å². The maximum absolute atomic E-state index is 11.7. The lowest BCUT2D eigenvalue weighted by molar-refractivity contribution is 0.512. The Balaban J connectivity index is 2.56. The number of hydrogen-bond donors (Lipinski definition) is 1. The first-order chi connectivity index (χ1) is 5.33. The average Bonchev–Trinajstić information content (AvgIpc) is 2.01. The average molecular weight is 154 g/mol. The summed E-state index contributed by atoms with van der Waals surface area (Å²) in [6.07, 6.45) is 0. The third-order valence-electron chi connectivity index (χ3n) is 1.29. The van der Waals surface area contributed by atoms with Crippen molar-refractivity contribution in [3.05, 3.63) is 23.9 Å². The highest BCUT2D eigenvalue weighted by molar-refractivity contribution is 5.34. The topological polar surface area (TPSA) is 24.9 Å². The summed E-state index contributed by atoms with van der Waals surface area (Å²) in [4.78, 5) is 4.13. The Hall–Kier alpha value is -1.12. The smallest absolute Gasteiger partial charge is 0.126 e. The maximum Gasteiger partial charge on any atom is 0.126 e. The van der Waals surface area contributed by atoms with Crippen LogP contribution in [0.3, 0.4) is 0 Å². The molecule has 0 atom stereocenters. The quantitative estimate of drug-likeness (QED) is 0.717. The standard InChI is InChI=1S/C8H11FN2/c1-7-3-2-4-8(11-7)10-6-5-9/h2-4H,5-6H2,1H3,(H,10,11). The van der Waals surface area contributed by atoms with Crippen molar-refractivity contribution < 1.29 is 4.39 Å². The molecule has 0 aliphatic rings. The van der Waals surface area contributed by atoms with Crippen molar-refractivity contribution >= 4 is 5.82 Å². The molecule has 3 heteroatoms. The van der Waals surface area contributed by atoms with E-state index in [2.05, 4.69) is 10.3 Å². The van der Waals surface area contributed by atoms with Gasteiger partial charge in [0.2, 0.25) is 0 Å². The lowest BCUT2D eigenvalue weighted by Crippen LogP contribution is -2.04. The fourth-order valence-corrected chi connectivity index (χ4v) is 0.817. The number of aryl methyl sites for hydroxylation is 1. The van der Waals surface area contributed by atoms with E-state index in [0.29, 0.717) is 6.54 Å². The molecule has 0 unspecified atom stereocenters. The number of anilines is 1. The highest BCUT2D eigenvalue weighted by Gasteiger charge is 1.91. The van der Waals surface area contributed by atoms with Gasteiger partial charge in [-0.25, -0.2) is 9.37 Å². The third kappa shape index (κ3) is 2.53. The molecule has 1 aromatic rings. The number of halogens is 1. The summed E-state index contributed by atoms with van der Waals surface area (Å²) in [6.45, 7) is 1.87. The van der Waals surface area contributed by atoms with E-state index in [1.807, 2.05) is 25.1 Å². The first-order valence-electron chi connectivity index (χ1n) is 3.56. The molecule has 1 N–H and O–H groups in total. The highest BCUT2D eigenvalue weighted by Crippen LogP contribution is 2.02. The number of aromatic nitrogens is 1. The zero-order valence-electron chi connectivity index (χ0n) is 6.47. The fraction of sp³-hybridized carbons (Fsp3) is 0.375. The summed E-state index contributed by atoms with van der Waals surface area (Å²) in [5.41, 5.74) is 0.939. The Kier molecular flexibility index (Phi) is 2.83. The van der Waals surface area contributed by atoms with Crippen LogP contribution in [0.1, 0.15) is 5.69 Å². The molecule has 0 fully saturated rings. The van der Waals surface area contributed by atoms with Crippen molar-refractivity contribution in [3.63, 3.8) is 0 Å². The molecule has 1 aromatic heterocycles. The minimum Gasteiger partial charge on any atom is -0.367 e. The number of pyridine rings is 1. The molecule has 0 aromatic carbocycles. The van der Waals surface area contributed by atoms with E-state index in [0.717, 1.165) is 11.5 Å². The zero-order valence-corrected chi connectivity index (χ0v) is 6.47. The molecule has 60 valence electrons. The van der Waals surface area contributed by atoms with Gasteiger partial charge in [0.1, 0.15) is 12.5 Å². The van der Waals surface area contributed by atoms with Gasteiger partial charge in [0, 0.05) is 12.2 Å². The monoisotopic (exact) mass is 154 g/mol. The van der Waals surface area contributed by atoms with E-state index >= 15 is 0 Å². The molecule has 0 amide bonds. The molecular weight excluding hydrogens is 143 g/mol. The van der Waals surface area contributed by atoms with Gasteiger partial charge in [-0.1, -0.05) is 6.07 Å². The van der Waals surface area contributed by atoms with Crippen LogP contribution in [-0.2, 0) is 0 Å². The van der Waals surface area contributed by atoms with Crippen molar-refractivity contribution in [3.8, 4) is 0 Å². The van der Waals surface area contributed by atoms with Crippen LogP contribution in [0.15, 0.2) is 18.2 Å². The van der Waals surface area contributed by atoms with Crippen LogP contribution < -0.4 is 5.32 Å². The Morgan fingerprint density at radius 1 is 1.55 bits per heavy atom. The predicted molar refractivity (Wildman–Crippen MR) is 43.4 cm³/mol. The molecule has 0 aliphatic carbocycles. The molecule has 0 saturated heterocycles. The van der Waals surface area contributed by atoms with E-state index in [4.69, 9.17) is 0 Å². The summed E-state index contributed by atoms with van der Waals surface area (Å²) in [6, 6.07) is 5.62. The van der Waals surface area contributed by atoms with E-state index < -0.39 is 0 Å². The molecule has 1 rings (SSSR count). The Morgan fingerprint density at radius 3 is 3.00 bits per heavy atom. The molecule has 2 nitrogen and oxygen atoms in total. The molecule has 0 radical (unpaired) electrons. The number of hydrogen-bond acceptors (Lipinski definition) is 2. The van der Waals surface area contributed by atoms with E-state index in [1.165, 1.54) is 0 Å². The summed E-state index contributed by atoms with van der Waals surface area (Å²) in [5.74, 6) is 0.739. The van der Waals surface area contributed by atoms with Crippen molar-refractivity contribution in [2.45, 2.75) is 6.92 Å². The van der Waals surface area contributed by atoms with Gasteiger partial charge in [0.25, 0.3) is 0 Å². The first-order valence-corrected chi connectivity index (χ1v) is 3.56. The van der Waals surface area contributed by atoms with Gasteiger partial charge in [-0.3, -0.25) is 0 Å². The van der Waals surface area contributed by atoms with E-state index in [9.17, 15) is 4.39 Å². The van der Waals surface area contributed by atoms with Crippen LogP contribution in [-0.4, -0.2) is 18.2 Å². The Morgan fingerprint density at radius 2 is 2.36 bits per heavy atom. The van der Waals surface area contributed by atoms with Gasteiger partial charge >= 0.3 is 0 Å². The largest absolute Gasteiger partial charge is 0.367 e. The number of rotatable bonds is 3. The highest BCUT2D eigenvalue weighted by atomic mass is 19.1. The lowest BCUT2D eigenvalue weighted by Gasteiger charge is -2.01. The molecule has 11 heavy (non-hydrogen) atoms. The van der Waals surface area contributed by atoms with Crippen LogP contribution in [0.25, 0.3) is 0 Å².